The van der Waals surface area contributed by atoms with Crippen molar-refractivity contribution in [1.82, 2.24) is 14.8 Å². The molecule has 0 saturated heterocycles. The Balaban J connectivity index is 1.70. The van der Waals surface area contributed by atoms with Gasteiger partial charge in [-0.3, -0.25) is 4.68 Å². The SMILES string of the molecule is CCOC(=O)c1cc(C)n(Cc2cc(Cl)cc3sc(C4=CCSCC4)nc23)n1. The van der Waals surface area contributed by atoms with Gasteiger partial charge in [0.1, 0.15) is 5.01 Å². The van der Waals surface area contributed by atoms with Gasteiger partial charge in [-0.05, 0) is 49.8 Å². The van der Waals surface area contributed by atoms with Crippen LogP contribution in [0.4, 0.5) is 0 Å². The second kappa shape index (κ2) is 8.27. The number of carbonyl (C=O) groups excluding carboxylic acids is 1. The van der Waals surface area contributed by atoms with Crippen LogP contribution in [0.5, 0.6) is 0 Å². The zero-order valence-electron chi connectivity index (χ0n) is 15.7. The monoisotopic (exact) mass is 433 g/mol. The molecular formula is C20H20ClN3O2S2. The lowest BCUT2D eigenvalue weighted by molar-refractivity contribution is 0.0518. The lowest BCUT2D eigenvalue weighted by Gasteiger charge is -2.09. The highest BCUT2D eigenvalue weighted by Gasteiger charge is 2.17. The Morgan fingerprint density at radius 3 is 2.96 bits per heavy atom. The molecule has 28 heavy (non-hydrogen) atoms. The second-order valence-electron chi connectivity index (χ2n) is 6.53. The fourth-order valence-electron chi connectivity index (χ4n) is 3.18. The van der Waals surface area contributed by atoms with Gasteiger partial charge in [-0.15, -0.1) is 11.3 Å². The maximum atomic E-state index is 12.0. The number of allylic oxidation sites excluding steroid dienone is 1. The van der Waals surface area contributed by atoms with Gasteiger partial charge in [0.25, 0.3) is 0 Å². The van der Waals surface area contributed by atoms with Crippen LogP contribution in [0.3, 0.4) is 0 Å². The van der Waals surface area contributed by atoms with E-state index in [4.69, 9.17) is 21.3 Å². The van der Waals surface area contributed by atoms with Crippen molar-refractivity contribution in [2.24, 2.45) is 0 Å². The summed E-state index contributed by atoms with van der Waals surface area (Å²) in [5.41, 5.74) is 4.48. The average Bonchev–Trinajstić information content (AvgIpc) is 3.27. The van der Waals surface area contributed by atoms with E-state index in [0.717, 1.165) is 44.4 Å². The number of hydrogen-bond acceptors (Lipinski definition) is 6. The molecule has 1 aliphatic heterocycles. The number of thioether (sulfide) groups is 1. The quantitative estimate of drug-likeness (QED) is 0.517. The highest BCUT2D eigenvalue weighted by Crippen LogP contribution is 2.35. The number of hydrogen-bond donors (Lipinski definition) is 0. The lowest BCUT2D eigenvalue weighted by atomic mass is 10.2. The molecule has 0 N–H and O–H groups in total. The first-order valence-electron chi connectivity index (χ1n) is 9.13. The summed E-state index contributed by atoms with van der Waals surface area (Å²) >= 11 is 10.0. The van der Waals surface area contributed by atoms with E-state index in [-0.39, 0.29) is 0 Å². The van der Waals surface area contributed by atoms with Gasteiger partial charge in [0.15, 0.2) is 5.69 Å². The minimum Gasteiger partial charge on any atom is -0.461 e. The van der Waals surface area contributed by atoms with Crippen LogP contribution in [0.25, 0.3) is 15.8 Å². The smallest absolute Gasteiger partial charge is 0.358 e. The maximum Gasteiger partial charge on any atom is 0.358 e. The predicted molar refractivity (Wildman–Crippen MR) is 117 cm³/mol. The predicted octanol–water partition coefficient (Wildman–Crippen LogP) is 5.20. The molecule has 0 bridgehead atoms. The van der Waals surface area contributed by atoms with E-state index in [0.29, 0.717) is 23.9 Å². The fraction of sp³-hybridized carbons (Fsp3) is 0.350. The molecule has 2 aromatic heterocycles. The third-order valence-corrected chi connectivity index (χ3v) is 6.75. The third-order valence-electron chi connectivity index (χ3n) is 4.56. The van der Waals surface area contributed by atoms with E-state index < -0.39 is 5.97 Å². The number of carbonyl (C=O) groups is 1. The molecule has 3 aromatic rings. The Hall–Kier alpha value is -1.83. The highest BCUT2D eigenvalue weighted by atomic mass is 35.5. The Labute approximate surface area is 176 Å². The Bertz CT molecular complexity index is 1070. The van der Waals surface area contributed by atoms with E-state index in [2.05, 4.69) is 11.2 Å². The fourth-order valence-corrected chi connectivity index (χ4v) is 5.45. The van der Waals surface area contributed by atoms with Gasteiger partial charge in [0, 0.05) is 22.0 Å². The summed E-state index contributed by atoms with van der Waals surface area (Å²) in [6, 6.07) is 5.65. The van der Waals surface area contributed by atoms with Gasteiger partial charge >= 0.3 is 5.97 Å². The van der Waals surface area contributed by atoms with Crippen molar-refractivity contribution in [3.8, 4) is 0 Å². The molecule has 1 aliphatic rings. The van der Waals surface area contributed by atoms with Crippen molar-refractivity contribution in [3.05, 3.63) is 51.3 Å². The summed E-state index contributed by atoms with van der Waals surface area (Å²) in [6.45, 7) is 4.54. The van der Waals surface area contributed by atoms with Crippen molar-refractivity contribution in [2.75, 3.05) is 18.1 Å². The zero-order chi connectivity index (χ0) is 19.7. The van der Waals surface area contributed by atoms with Crippen LogP contribution in [-0.2, 0) is 11.3 Å². The van der Waals surface area contributed by atoms with Gasteiger partial charge in [0.05, 0.1) is 23.4 Å². The van der Waals surface area contributed by atoms with Gasteiger partial charge in [-0.2, -0.15) is 16.9 Å². The number of nitrogens with zero attached hydrogens (tertiary/aromatic N) is 3. The molecule has 0 atom stereocenters. The molecule has 0 aliphatic carbocycles. The second-order valence-corrected chi connectivity index (χ2v) is 9.15. The van der Waals surface area contributed by atoms with Crippen molar-refractivity contribution in [1.29, 1.82) is 0 Å². The van der Waals surface area contributed by atoms with Gasteiger partial charge in [-0.25, -0.2) is 9.78 Å². The number of benzene rings is 1. The number of rotatable bonds is 5. The minimum atomic E-state index is -0.404. The standard InChI is InChI=1S/C20H20ClN3O2S2/c1-3-26-20(25)16-8-12(2)24(23-16)11-14-9-15(21)10-17-18(14)22-19(28-17)13-4-6-27-7-5-13/h4,8-10H,3,5-7,11H2,1-2H3. The molecule has 0 fully saturated rings. The largest absolute Gasteiger partial charge is 0.461 e. The van der Waals surface area contributed by atoms with Crippen molar-refractivity contribution in [2.45, 2.75) is 26.8 Å². The van der Waals surface area contributed by atoms with Gasteiger partial charge in [0.2, 0.25) is 0 Å². The number of thiazole rings is 1. The van der Waals surface area contributed by atoms with Gasteiger partial charge < -0.3 is 4.74 Å². The van der Waals surface area contributed by atoms with E-state index in [1.54, 1.807) is 29.0 Å². The molecule has 0 unspecified atom stereocenters. The maximum absolute atomic E-state index is 12.0. The van der Waals surface area contributed by atoms with Crippen LogP contribution in [0.15, 0.2) is 24.3 Å². The first-order chi connectivity index (χ1) is 13.5. The average molecular weight is 434 g/mol. The van der Waals surface area contributed by atoms with Crippen LogP contribution in [-0.4, -0.2) is 38.8 Å². The first-order valence-corrected chi connectivity index (χ1v) is 11.5. The topological polar surface area (TPSA) is 57.0 Å². The molecule has 8 heteroatoms. The summed E-state index contributed by atoms with van der Waals surface area (Å²) in [7, 11) is 0. The molecule has 0 spiro atoms. The van der Waals surface area contributed by atoms with Crippen LogP contribution in [0.2, 0.25) is 5.02 Å². The number of fused-ring (bicyclic) bond motifs is 1. The molecule has 146 valence electrons. The molecule has 0 radical (unpaired) electrons. The Morgan fingerprint density at radius 2 is 2.21 bits per heavy atom. The summed E-state index contributed by atoms with van der Waals surface area (Å²) in [5, 5.41) is 6.17. The summed E-state index contributed by atoms with van der Waals surface area (Å²) in [6.07, 6.45) is 3.32. The summed E-state index contributed by atoms with van der Waals surface area (Å²) in [5.74, 6) is 1.78. The normalized spacial score (nSPS) is 14.3. The van der Waals surface area contributed by atoms with Crippen LogP contribution >= 0.6 is 34.7 Å². The molecule has 4 rings (SSSR count). The summed E-state index contributed by atoms with van der Waals surface area (Å²) in [4.78, 5) is 16.9. The Kier molecular flexibility index (Phi) is 5.75. The lowest BCUT2D eigenvalue weighted by Crippen LogP contribution is -2.08. The number of halogens is 1. The third kappa shape index (κ3) is 3.97. The minimum absolute atomic E-state index is 0.321. The highest BCUT2D eigenvalue weighted by molar-refractivity contribution is 7.99. The van der Waals surface area contributed by atoms with Crippen molar-refractivity contribution < 1.29 is 9.53 Å². The van der Waals surface area contributed by atoms with Crippen LogP contribution in [0.1, 0.15) is 40.1 Å². The van der Waals surface area contributed by atoms with Crippen molar-refractivity contribution in [3.63, 3.8) is 0 Å². The number of aromatic nitrogens is 3. The van der Waals surface area contributed by atoms with E-state index in [1.165, 1.54) is 5.57 Å². The number of ether oxygens (including phenoxy) is 1. The molecule has 0 saturated carbocycles. The Morgan fingerprint density at radius 1 is 1.36 bits per heavy atom. The van der Waals surface area contributed by atoms with Crippen LogP contribution in [0, 0.1) is 6.92 Å². The molecule has 5 nitrogen and oxygen atoms in total. The zero-order valence-corrected chi connectivity index (χ0v) is 18.1. The van der Waals surface area contributed by atoms with Crippen molar-refractivity contribution >= 4 is 56.5 Å². The number of aryl methyl sites for hydroxylation is 1. The molecular weight excluding hydrogens is 414 g/mol. The van der Waals surface area contributed by atoms with Crippen LogP contribution < -0.4 is 0 Å². The molecule has 0 amide bonds. The molecule has 3 heterocycles. The van der Waals surface area contributed by atoms with E-state index >= 15 is 0 Å². The van der Waals surface area contributed by atoms with E-state index in [1.807, 2.05) is 30.8 Å². The number of esters is 1. The first kappa shape index (κ1) is 19.5. The van der Waals surface area contributed by atoms with Gasteiger partial charge in [-0.1, -0.05) is 17.7 Å². The summed E-state index contributed by atoms with van der Waals surface area (Å²) < 4.78 is 7.93. The van der Waals surface area contributed by atoms with E-state index in [9.17, 15) is 4.79 Å². The molecule has 1 aromatic carbocycles.